The van der Waals surface area contributed by atoms with E-state index in [9.17, 15) is 0 Å². The van der Waals surface area contributed by atoms with Gasteiger partial charge in [-0.3, -0.25) is 0 Å². The second kappa shape index (κ2) is 10.8. The summed E-state index contributed by atoms with van der Waals surface area (Å²) in [5.41, 5.74) is 5.32. The second-order valence-electron chi connectivity index (χ2n) is 5.97. The van der Waals surface area contributed by atoms with Crippen LogP contribution in [0.15, 0.2) is 48.6 Å². The number of rotatable bonds is 12. The Bertz CT molecular complexity index is 285. The van der Waals surface area contributed by atoms with Gasteiger partial charge in [0.15, 0.2) is 0 Å². The lowest BCUT2D eigenvalue weighted by Gasteiger charge is -2.08. The molecule has 0 radical (unpaired) electrons. The SMILES string of the molecule is C=C(C)CCCC(=C)CCCC(=C)CCCC(=C)C. The normalized spacial score (nSPS) is 10.2. The van der Waals surface area contributed by atoms with E-state index in [0.717, 1.165) is 38.5 Å². The van der Waals surface area contributed by atoms with E-state index in [1.807, 2.05) is 0 Å². The predicted octanol–water partition coefficient (Wildman–Crippen LogP) is 6.76. The molecule has 108 valence electrons. The maximum absolute atomic E-state index is 4.16. The molecule has 0 aromatic carbocycles. The highest BCUT2D eigenvalue weighted by molar-refractivity contribution is 5.00. The molecule has 0 aliphatic rings. The van der Waals surface area contributed by atoms with Gasteiger partial charge in [-0.1, -0.05) is 35.5 Å². The number of hydrogen-bond donors (Lipinski definition) is 0. The van der Waals surface area contributed by atoms with Crippen LogP contribution in [0.5, 0.6) is 0 Å². The van der Waals surface area contributed by atoms with Crippen molar-refractivity contribution in [2.75, 3.05) is 0 Å². The van der Waals surface area contributed by atoms with Crippen molar-refractivity contribution in [3.05, 3.63) is 48.6 Å². The van der Waals surface area contributed by atoms with Crippen LogP contribution in [0.1, 0.15) is 71.6 Å². The van der Waals surface area contributed by atoms with Gasteiger partial charge >= 0.3 is 0 Å². The lowest BCUT2D eigenvalue weighted by atomic mass is 9.98. The molecule has 0 fully saturated rings. The minimum Gasteiger partial charge on any atom is -0.100 e. The van der Waals surface area contributed by atoms with E-state index in [-0.39, 0.29) is 0 Å². The van der Waals surface area contributed by atoms with E-state index < -0.39 is 0 Å². The van der Waals surface area contributed by atoms with Crippen LogP contribution in [0.4, 0.5) is 0 Å². The zero-order valence-corrected chi connectivity index (χ0v) is 13.2. The average molecular weight is 260 g/mol. The number of allylic oxidation sites excluding steroid dienone is 4. The first-order valence-electron chi connectivity index (χ1n) is 7.54. The van der Waals surface area contributed by atoms with Crippen molar-refractivity contribution in [3.63, 3.8) is 0 Å². The van der Waals surface area contributed by atoms with Gasteiger partial charge in [-0.25, -0.2) is 0 Å². The molecule has 0 N–H and O–H groups in total. The summed E-state index contributed by atoms with van der Waals surface area (Å²) in [4.78, 5) is 0. The summed E-state index contributed by atoms with van der Waals surface area (Å²) in [6, 6.07) is 0. The van der Waals surface area contributed by atoms with Gasteiger partial charge in [-0.15, -0.1) is 13.2 Å². The van der Waals surface area contributed by atoms with Crippen LogP contribution in [0, 0.1) is 0 Å². The van der Waals surface area contributed by atoms with Gasteiger partial charge in [-0.05, 0) is 71.6 Å². The Morgan fingerprint density at radius 1 is 0.526 bits per heavy atom. The van der Waals surface area contributed by atoms with Crippen molar-refractivity contribution in [2.45, 2.75) is 71.6 Å². The Kier molecular flexibility index (Phi) is 10.2. The van der Waals surface area contributed by atoms with E-state index in [0.29, 0.717) is 0 Å². The fraction of sp³-hybridized carbons (Fsp3) is 0.579. The topological polar surface area (TPSA) is 0 Å². The van der Waals surface area contributed by atoms with Crippen LogP contribution in [-0.4, -0.2) is 0 Å². The summed E-state index contributed by atoms with van der Waals surface area (Å²) < 4.78 is 0. The molecular formula is C19H32. The summed E-state index contributed by atoms with van der Waals surface area (Å²) in [6.07, 6.45) is 10.5. The summed E-state index contributed by atoms with van der Waals surface area (Å²) in [7, 11) is 0. The van der Waals surface area contributed by atoms with E-state index >= 15 is 0 Å². The highest BCUT2D eigenvalue weighted by Gasteiger charge is 1.99. The fourth-order valence-electron chi connectivity index (χ4n) is 2.12. The summed E-state index contributed by atoms with van der Waals surface area (Å²) in [6.45, 7) is 20.4. The van der Waals surface area contributed by atoms with Gasteiger partial charge < -0.3 is 0 Å². The van der Waals surface area contributed by atoms with Crippen LogP contribution in [0.3, 0.4) is 0 Å². The molecule has 0 amide bonds. The Hall–Kier alpha value is -1.04. The van der Waals surface area contributed by atoms with Crippen molar-refractivity contribution in [1.29, 1.82) is 0 Å². The molecule has 0 atom stereocenters. The first kappa shape index (κ1) is 18.0. The smallest absolute Gasteiger partial charge is 0.0320 e. The summed E-state index contributed by atoms with van der Waals surface area (Å²) in [5, 5.41) is 0. The lowest BCUT2D eigenvalue weighted by molar-refractivity contribution is 0.703. The van der Waals surface area contributed by atoms with Gasteiger partial charge in [0.25, 0.3) is 0 Å². The molecule has 0 aliphatic heterocycles. The van der Waals surface area contributed by atoms with Gasteiger partial charge in [0.1, 0.15) is 0 Å². The Labute approximate surface area is 121 Å². The Morgan fingerprint density at radius 2 is 0.789 bits per heavy atom. The second-order valence-corrected chi connectivity index (χ2v) is 5.97. The third-order valence-corrected chi connectivity index (χ3v) is 3.33. The van der Waals surface area contributed by atoms with E-state index in [2.05, 4.69) is 40.2 Å². The van der Waals surface area contributed by atoms with E-state index in [1.54, 1.807) is 0 Å². The third-order valence-electron chi connectivity index (χ3n) is 3.33. The van der Waals surface area contributed by atoms with E-state index in [1.165, 1.54) is 41.6 Å². The van der Waals surface area contributed by atoms with Crippen LogP contribution < -0.4 is 0 Å². The standard InChI is InChI=1S/C19H32/c1-16(2)10-7-12-18(5)14-9-15-19(6)13-8-11-17(3)4/h1,3,5-15H2,2,4H3. The zero-order chi connectivity index (χ0) is 14.7. The highest BCUT2D eigenvalue weighted by Crippen LogP contribution is 2.19. The molecule has 0 spiro atoms. The first-order chi connectivity index (χ1) is 8.91. The lowest BCUT2D eigenvalue weighted by Crippen LogP contribution is -1.88. The third kappa shape index (κ3) is 13.2. The molecule has 19 heavy (non-hydrogen) atoms. The predicted molar refractivity (Wildman–Crippen MR) is 89.5 cm³/mol. The fourth-order valence-corrected chi connectivity index (χ4v) is 2.12. The van der Waals surface area contributed by atoms with Gasteiger partial charge in [0, 0.05) is 0 Å². The number of hydrogen-bond acceptors (Lipinski definition) is 0. The van der Waals surface area contributed by atoms with Crippen LogP contribution in [0.2, 0.25) is 0 Å². The largest absolute Gasteiger partial charge is 0.100 e. The Morgan fingerprint density at radius 3 is 1.05 bits per heavy atom. The first-order valence-corrected chi connectivity index (χ1v) is 7.54. The van der Waals surface area contributed by atoms with Crippen molar-refractivity contribution in [2.24, 2.45) is 0 Å². The van der Waals surface area contributed by atoms with E-state index in [4.69, 9.17) is 0 Å². The van der Waals surface area contributed by atoms with Gasteiger partial charge in [-0.2, -0.15) is 0 Å². The van der Waals surface area contributed by atoms with Gasteiger partial charge in [0.2, 0.25) is 0 Å². The van der Waals surface area contributed by atoms with Gasteiger partial charge in [0.05, 0.1) is 0 Å². The molecule has 0 unspecified atom stereocenters. The molecule has 0 aliphatic carbocycles. The maximum atomic E-state index is 4.16. The van der Waals surface area contributed by atoms with Crippen LogP contribution in [-0.2, 0) is 0 Å². The average Bonchev–Trinajstić information content (AvgIpc) is 2.27. The van der Waals surface area contributed by atoms with Crippen molar-refractivity contribution in [1.82, 2.24) is 0 Å². The molecule has 0 nitrogen and oxygen atoms in total. The molecule has 0 rings (SSSR count). The molecular weight excluding hydrogens is 228 g/mol. The zero-order valence-electron chi connectivity index (χ0n) is 13.2. The van der Waals surface area contributed by atoms with Crippen molar-refractivity contribution < 1.29 is 0 Å². The summed E-state index contributed by atoms with van der Waals surface area (Å²) in [5.74, 6) is 0. The highest BCUT2D eigenvalue weighted by atomic mass is 14.1. The monoisotopic (exact) mass is 260 g/mol. The molecule has 0 heteroatoms. The molecule has 0 heterocycles. The van der Waals surface area contributed by atoms with Crippen LogP contribution in [0.25, 0.3) is 0 Å². The molecule has 0 saturated heterocycles. The summed E-state index contributed by atoms with van der Waals surface area (Å²) >= 11 is 0. The minimum atomic E-state index is 1.13. The molecule has 0 saturated carbocycles. The molecule has 0 aromatic heterocycles. The van der Waals surface area contributed by atoms with Crippen molar-refractivity contribution in [3.8, 4) is 0 Å². The molecule has 0 aromatic rings. The van der Waals surface area contributed by atoms with Crippen molar-refractivity contribution >= 4 is 0 Å². The minimum absolute atomic E-state index is 1.13. The Balaban J connectivity index is 3.50. The quantitative estimate of drug-likeness (QED) is 0.340. The van der Waals surface area contributed by atoms with Crippen LogP contribution >= 0.6 is 0 Å². The maximum Gasteiger partial charge on any atom is -0.0320 e. The molecule has 0 bridgehead atoms.